The minimum absolute atomic E-state index is 0.198. The minimum atomic E-state index is -3.79. The number of nitrogens with zero attached hydrogens (tertiary/aromatic N) is 2. The van der Waals surface area contributed by atoms with Crippen LogP contribution >= 0.6 is 0 Å². The van der Waals surface area contributed by atoms with Crippen molar-refractivity contribution in [1.82, 2.24) is 4.31 Å². The number of sulfonamides is 1. The van der Waals surface area contributed by atoms with Crippen LogP contribution in [0.15, 0.2) is 41.3 Å². The largest absolute Gasteiger partial charge is 0.377 e. The molecule has 5 nitrogen and oxygen atoms in total. The molecule has 2 aromatic rings. The summed E-state index contributed by atoms with van der Waals surface area (Å²) in [6, 6.07) is 10.8. The Hall–Kier alpha value is -2.08. The third-order valence-corrected chi connectivity index (χ3v) is 5.82. The number of benzene rings is 2. The molecule has 22 heavy (non-hydrogen) atoms. The van der Waals surface area contributed by atoms with Crippen molar-refractivity contribution < 1.29 is 13.2 Å². The van der Waals surface area contributed by atoms with E-state index in [4.69, 9.17) is 0 Å². The van der Waals surface area contributed by atoms with Gasteiger partial charge in [0.15, 0.2) is 0 Å². The van der Waals surface area contributed by atoms with Gasteiger partial charge in [-0.1, -0.05) is 24.3 Å². The summed E-state index contributed by atoms with van der Waals surface area (Å²) in [5, 5.41) is 1.51. The van der Waals surface area contributed by atoms with Crippen LogP contribution in [0, 0.1) is 0 Å². The molecule has 6 heteroatoms. The Morgan fingerprint density at radius 1 is 1.05 bits per heavy atom. The molecule has 1 saturated heterocycles. The molecule has 1 fully saturated rings. The van der Waals surface area contributed by atoms with E-state index in [1.807, 2.05) is 37.2 Å². The summed E-state index contributed by atoms with van der Waals surface area (Å²) in [6.45, 7) is 0.269. The maximum absolute atomic E-state index is 12.8. The van der Waals surface area contributed by atoms with Gasteiger partial charge in [0.2, 0.25) is 5.91 Å². The third-order valence-electron chi connectivity index (χ3n) is 3.94. The topological polar surface area (TPSA) is 57.7 Å². The summed E-state index contributed by atoms with van der Waals surface area (Å²) < 4.78 is 26.7. The molecule has 0 N–H and O–H groups in total. The second-order valence-corrected chi connectivity index (χ2v) is 7.43. The van der Waals surface area contributed by atoms with E-state index < -0.39 is 10.0 Å². The van der Waals surface area contributed by atoms with Crippen LogP contribution in [0.4, 0.5) is 5.69 Å². The Morgan fingerprint density at radius 3 is 2.36 bits per heavy atom. The van der Waals surface area contributed by atoms with Crippen LogP contribution in [0.1, 0.15) is 12.8 Å². The number of amides is 1. The van der Waals surface area contributed by atoms with E-state index in [1.54, 1.807) is 18.2 Å². The number of anilines is 1. The average Bonchev–Trinajstić information content (AvgIpc) is 2.92. The summed E-state index contributed by atoms with van der Waals surface area (Å²) in [6.07, 6.45) is 0.888. The number of hydrogen-bond acceptors (Lipinski definition) is 4. The van der Waals surface area contributed by atoms with Crippen molar-refractivity contribution >= 4 is 32.4 Å². The first kappa shape index (κ1) is 14.8. The molecule has 1 aliphatic heterocycles. The Morgan fingerprint density at radius 2 is 1.73 bits per heavy atom. The summed E-state index contributed by atoms with van der Waals surface area (Å²) in [7, 11) is 0.0415. The van der Waals surface area contributed by atoms with Crippen LogP contribution in [0.3, 0.4) is 0 Å². The van der Waals surface area contributed by atoms with Crippen molar-refractivity contribution in [3.8, 4) is 0 Å². The molecule has 1 heterocycles. The van der Waals surface area contributed by atoms with Gasteiger partial charge in [-0.25, -0.2) is 12.7 Å². The average molecular weight is 318 g/mol. The van der Waals surface area contributed by atoms with Crippen molar-refractivity contribution in [2.24, 2.45) is 0 Å². The molecule has 0 atom stereocenters. The van der Waals surface area contributed by atoms with Gasteiger partial charge >= 0.3 is 0 Å². The lowest BCUT2D eigenvalue weighted by atomic mass is 10.1. The van der Waals surface area contributed by atoms with E-state index in [0.717, 1.165) is 15.4 Å². The molecule has 0 saturated carbocycles. The molecule has 2 aromatic carbocycles. The van der Waals surface area contributed by atoms with Gasteiger partial charge in [-0.3, -0.25) is 4.79 Å². The highest BCUT2D eigenvalue weighted by Gasteiger charge is 2.33. The fourth-order valence-corrected chi connectivity index (χ4v) is 4.55. The molecule has 3 rings (SSSR count). The Labute approximate surface area is 130 Å². The summed E-state index contributed by atoms with van der Waals surface area (Å²) in [5.41, 5.74) is 0.947. The van der Waals surface area contributed by atoms with Gasteiger partial charge in [-0.05, 0) is 18.6 Å². The maximum atomic E-state index is 12.8. The van der Waals surface area contributed by atoms with Crippen molar-refractivity contribution in [3.63, 3.8) is 0 Å². The Balaban J connectivity index is 2.24. The van der Waals surface area contributed by atoms with E-state index in [0.29, 0.717) is 18.2 Å². The first-order valence-corrected chi connectivity index (χ1v) is 8.61. The molecular weight excluding hydrogens is 300 g/mol. The molecule has 116 valence electrons. The van der Waals surface area contributed by atoms with Crippen LogP contribution in [-0.2, 0) is 14.8 Å². The number of rotatable bonds is 3. The molecule has 0 bridgehead atoms. The molecule has 1 amide bonds. The molecule has 0 aromatic heterocycles. The van der Waals surface area contributed by atoms with E-state index in [2.05, 4.69) is 0 Å². The molecule has 0 spiro atoms. The first-order valence-electron chi connectivity index (χ1n) is 7.17. The number of carbonyl (C=O) groups is 1. The van der Waals surface area contributed by atoms with E-state index >= 15 is 0 Å². The normalized spacial score (nSPS) is 15.5. The highest BCUT2D eigenvalue weighted by atomic mass is 32.2. The van der Waals surface area contributed by atoms with Crippen molar-refractivity contribution in [1.29, 1.82) is 0 Å². The lowest BCUT2D eigenvalue weighted by Gasteiger charge is -2.20. The third kappa shape index (κ3) is 2.23. The second kappa shape index (κ2) is 5.28. The predicted octanol–water partition coefficient (Wildman–Crippen LogP) is 2.22. The van der Waals surface area contributed by atoms with E-state index in [-0.39, 0.29) is 17.3 Å². The lowest BCUT2D eigenvalue weighted by Crippen LogP contribution is -2.32. The van der Waals surface area contributed by atoms with E-state index in [1.165, 1.54) is 0 Å². The standard InChI is InChI=1S/C16H18N2O3S/c1-17(2)14-8-3-7-13-12(14)6-4-9-15(13)22(20,21)18-11-5-10-16(18)19/h3-4,6-9H,5,10-11H2,1-2H3. The second-order valence-electron chi connectivity index (χ2n) is 5.60. The SMILES string of the molecule is CN(C)c1cccc2c(S(=O)(=O)N3CCCC3=O)cccc12. The smallest absolute Gasteiger partial charge is 0.267 e. The minimum Gasteiger partial charge on any atom is -0.377 e. The predicted molar refractivity (Wildman–Crippen MR) is 86.4 cm³/mol. The van der Waals surface area contributed by atoms with Gasteiger partial charge in [-0.2, -0.15) is 0 Å². The van der Waals surface area contributed by atoms with Crippen molar-refractivity contribution in [2.45, 2.75) is 17.7 Å². The van der Waals surface area contributed by atoms with Crippen LogP contribution in [-0.4, -0.2) is 39.3 Å². The van der Waals surface area contributed by atoms with Gasteiger partial charge in [0, 0.05) is 43.5 Å². The van der Waals surface area contributed by atoms with Gasteiger partial charge < -0.3 is 4.90 Å². The molecule has 1 aliphatic rings. The zero-order valence-electron chi connectivity index (χ0n) is 12.6. The van der Waals surface area contributed by atoms with Gasteiger partial charge in [0.1, 0.15) is 0 Å². The fraction of sp³-hybridized carbons (Fsp3) is 0.312. The van der Waals surface area contributed by atoms with Crippen LogP contribution in [0.25, 0.3) is 10.8 Å². The zero-order valence-corrected chi connectivity index (χ0v) is 13.4. The Kier molecular flexibility index (Phi) is 3.56. The van der Waals surface area contributed by atoms with Crippen molar-refractivity contribution in [2.75, 3.05) is 25.5 Å². The van der Waals surface area contributed by atoms with Crippen LogP contribution in [0.2, 0.25) is 0 Å². The van der Waals surface area contributed by atoms with Gasteiger partial charge in [0.25, 0.3) is 10.0 Å². The molecule has 0 unspecified atom stereocenters. The quantitative estimate of drug-likeness (QED) is 0.871. The maximum Gasteiger partial charge on any atom is 0.267 e. The van der Waals surface area contributed by atoms with E-state index in [9.17, 15) is 13.2 Å². The van der Waals surface area contributed by atoms with Gasteiger partial charge in [0.05, 0.1) is 4.90 Å². The van der Waals surface area contributed by atoms with Crippen molar-refractivity contribution in [3.05, 3.63) is 36.4 Å². The summed E-state index contributed by atoms with van der Waals surface area (Å²) in [5.74, 6) is -0.319. The highest BCUT2D eigenvalue weighted by Crippen LogP contribution is 2.32. The Bertz CT molecular complexity index is 844. The van der Waals surface area contributed by atoms with Crippen LogP contribution < -0.4 is 4.90 Å². The number of hydrogen-bond donors (Lipinski definition) is 0. The molecule has 0 aliphatic carbocycles. The monoisotopic (exact) mass is 318 g/mol. The number of carbonyl (C=O) groups excluding carboxylic acids is 1. The molecule has 0 radical (unpaired) electrons. The van der Waals surface area contributed by atoms with Gasteiger partial charge in [-0.15, -0.1) is 0 Å². The number of fused-ring (bicyclic) bond motifs is 1. The zero-order chi connectivity index (χ0) is 15.9. The summed E-state index contributed by atoms with van der Waals surface area (Å²) >= 11 is 0. The summed E-state index contributed by atoms with van der Waals surface area (Å²) in [4.78, 5) is 14.0. The highest BCUT2D eigenvalue weighted by molar-refractivity contribution is 7.90. The van der Waals surface area contributed by atoms with Crippen LogP contribution in [0.5, 0.6) is 0 Å². The first-order chi connectivity index (χ1) is 10.4. The molecular formula is C16H18N2O3S. The lowest BCUT2D eigenvalue weighted by molar-refractivity contribution is -0.123. The fourth-order valence-electron chi connectivity index (χ4n) is 2.88.